The Labute approximate surface area is 112 Å². The molecule has 0 aromatic heterocycles. The van der Waals surface area contributed by atoms with E-state index in [9.17, 15) is 14.4 Å². The summed E-state index contributed by atoms with van der Waals surface area (Å²) in [4.78, 5) is 35.9. The highest BCUT2D eigenvalue weighted by Crippen LogP contribution is 2.10. The number of carboxylic acids is 1. The minimum atomic E-state index is -1.04. The summed E-state index contributed by atoms with van der Waals surface area (Å²) in [6.07, 6.45) is 0. The van der Waals surface area contributed by atoms with E-state index in [1.807, 2.05) is 13.8 Å². The zero-order valence-corrected chi connectivity index (χ0v) is 11.5. The van der Waals surface area contributed by atoms with Crippen LogP contribution in [0.5, 0.6) is 0 Å². The van der Waals surface area contributed by atoms with Gasteiger partial charge in [-0.25, -0.2) is 0 Å². The topological polar surface area (TPSA) is 98.7 Å². The number of rotatable bonds is 5. The van der Waals surface area contributed by atoms with Crippen LogP contribution in [-0.4, -0.2) is 59.5 Å². The molecule has 1 saturated heterocycles. The van der Waals surface area contributed by atoms with Crippen LogP contribution >= 0.6 is 0 Å². The third-order valence-electron chi connectivity index (χ3n) is 3.07. The molecule has 0 spiro atoms. The summed E-state index contributed by atoms with van der Waals surface area (Å²) in [7, 11) is 0. The molecule has 7 nitrogen and oxygen atoms in total. The summed E-state index contributed by atoms with van der Waals surface area (Å²) in [6.45, 7) is 6.03. The maximum absolute atomic E-state index is 11.9. The molecule has 2 unspecified atom stereocenters. The van der Waals surface area contributed by atoms with Crippen LogP contribution in [0.15, 0.2) is 0 Å². The molecule has 19 heavy (non-hydrogen) atoms. The molecule has 108 valence electrons. The maximum Gasteiger partial charge on any atom is 0.322 e. The molecule has 0 saturated carbocycles. The van der Waals surface area contributed by atoms with Crippen molar-refractivity contribution < 1.29 is 19.5 Å². The van der Waals surface area contributed by atoms with Crippen LogP contribution in [-0.2, 0) is 14.4 Å². The van der Waals surface area contributed by atoms with Gasteiger partial charge in [0.2, 0.25) is 11.8 Å². The lowest BCUT2D eigenvalue weighted by atomic mass is 10.1. The molecular formula is C12H21N3O4. The van der Waals surface area contributed by atoms with Gasteiger partial charge in [0, 0.05) is 13.1 Å². The van der Waals surface area contributed by atoms with E-state index in [1.165, 1.54) is 4.90 Å². The number of carboxylic acid groups (broad SMARTS) is 1. The number of nitrogens with zero attached hydrogens (tertiary/aromatic N) is 1. The Hall–Kier alpha value is -1.63. The van der Waals surface area contributed by atoms with Gasteiger partial charge in [0.1, 0.15) is 6.04 Å². The Kier molecular flexibility index (Phi) is 5.29. The van der Waals surface area contributed by atoms with Crippen molar-refractivity contribution in [1.29, 1.82) is 0 Å². The van der Waals surface area contributed by atoms with Gasteiger partial charge in [0.05, 0.1) is 12.6 Å². The van der Waals surface area contributed by atoms with Gasteiger partial charge in [-0.3, -0.25) is 19.3 Å². The van der Waals surface area contributed by atoms with Gasteiger partial charge in [-0.05, 0) is 12.8 Å². The summed E-state index contributed by atoms with van der Waals surface area (Å²) in [5, 5.41) is 14.4. The predicted molar refractivity (Wildman–Crippen MR) is 68.4 cm³/mol. The van der Waals surface area contributed by atoms with E-state index in [0.717, 1.165) is 0 Å². The number of amides is 2. The van der Waals surface area contributed by atoms with E-state index in [1.54, 1.807) is 6.92 Å². The van der Waals surface area contributed by atoms with Gasteiger partial charge >= 0.3 is 5.97 Å². The zero-order valence-electron chi connectivity index (χ0n) is 11.5. The highest BCUT2D eigenvalue weighted by molar-refractivity contribution is 5.87. The average Bonchev–Trinajstić information content (AvgIpc) is 2.34. The van der Waals surface area contributed by atoms with Gasteiger partial charge in [-0.15, -0.1) is 0 Å². The van der Waals surface area contributed by atoms with Crippen molar-refractivity contribution in [2.24, 2.45) is 5.92 Å². The van der Waals surface area contributed by atoms with Crippen LogP contribution in [0.4, 0.5) is 0 Å². The van der Waals surface area contributed by atoms with Crippen LogP contribution < -0.4 is 10.6 Å². The van der Waals surface area contributed by atoms with Gasteiger partial charge in [-0.1, -0.05) is 13.8 Å². The first-order chi connectivity index (χ1) is 8.82. The number of piperazine rings is 1. The Bertz CT molecular complexity index is 370. The molecule has 1 heterocycles. The summed E-state index contributed by atoms with van der Waals surface area (Å²) in [5.74, 6) is -1.24. The second-order valence-electron chi connectivity index (χ2n) is 5.15. The summed E-state index contributed by atoms with van der Waals surface area (Å²) < 4.78 is 0. The molecule has 2 amide bonds. The van der Waals surface area contributed by atoms with Crippen molar-refractivity contribution in [3.05, 3.63) is 0 Å². The van der Waals surface area contributed by atoms with Crippen molar-refractivity contribution in [1.82, 2.24) is 15.5 Å². The largest absolute Gasteiger partial charge is 0.480 e. The number of aliphatic carboxylic acids is 1. The zero-order chi connectivity index (χ0) is 14.6. The Balaban J connectivity index is 2.69. The summed E-state index contributed by atoms with van der Waals surface area (Å²) in [6, 6.07) is -1.51. The minimum Gasteiger partial charge on any atom is -0.480 e. The quantitative estimate of drug-likeness (QED) is 0.597. The van der Waals surface area contributed by atoms with Crippen molar-refractivity contribution in [3.63, 3.8) is 0 Å². The van der Waals surface area contributed by atoms with Crippen LogP contribution in [0, 0.1) is 5.92 Å². The fourth-order valence-electron chi connectivity index (χ4n) is 1.90. The summed E-state index contributed by atoms with van der Waals surface area (Å²) >= 11 is 0. The first kappa shape index (κ1) is 15.4. The maximum atomic E-state index is 11.9. The lowest BCUT2D eigenvalue weighted by molar-refractivity contribution is -0.148. The van der Waals surface area contributed by atoms with Crippen LogP contribution in [0.3, 0.4) is 0 Å². The van der Waals surface area contributed by atoms with Crippen molar-refractivity contribution in [3.8, 4) is 0 Å². The predicted octanol–water partition coefficient (Wildman–Crippen LogP) is -0.968. The van der Waals surface area contributed by atoms with E-state index in [2.05, 4.69) is 10.6 Å². The molecule has 7 heteroatoms. The molecule has 0 aromatic rings. The molecule has 3 N–H and O–H groups in total. The van der Waals surface area contributed by atoms with Gasteiger partial charge < -0.3 is 15.7 Å². The molecule has 0 bridgehead atoms. The van der Waals surface area contributed by atoms with Crippen molar-refractivity contribution in [2.45, 2.75) is 32.9 Å². The molecule has 0 aromatic carbocycles. The third kappa shape index (κ3) is 4.20. The lowest BCUT2D eigenvalue weighted by Gasteiger charge is -2.36. The van der Waals surface area contributed by atoms with Crippen molar-refractivity contribution >= 4 is 17.8 Å². The monoisotopic (exact) mass is 271 g/mol. The van der Waals surface area contributed by atoms with Crippen molar-refractivity contribution in [2.75, 3.05) is 19.6 Å². The third-order valence-corrected chi connectivity index (χ3v) is 3.07. The Morgan fingerprint density at radius 1 is 1.47 bits per heavy atom. The molecule has 0 aliphatic carbocycles. The molecule has 2 atom stereocenters. The number of carbonyl (C=O) groups excluding carboxylic acids is 2. The van der Waals surface area contributed by atoms with E-state index in [4.69, 9.17) is 5.11 Å². The number of carbonyl (C=O) groups is 3. The molecule has 1 aliphatic rings. The molecule has 1 rings (SSSR count). The second-order valence-corrected chi connectivity index (χ2v) is 5.15. The van der Waals surface area contributed by atoms with Gasteiger partial charge in [0.25, 0.3) is 0 Å². The normalized spacial score (nSPS) is 21.9. The molecule has 1 aliphatic heterocycles. The molecular weight excluding hydrogens is 250 g/mol. The lowest BCUT2D eigenvalue weighted by Crippen LogP contribution is -2.62. The number of hydrogen-bond donors (Lipinski definition) is 3. The van der Waals surface area contributed by atoms with E-state index in [0.29, 0.717) is 12.5 Å². The molecule has 0 radical (unpaired) electrons. The van der Waals surface area contributed by atoms with Gasteiger partial charge in [-0.2, -0.15) is 0 Å². The average molecular weight is 271 g/mol. The van der Waals surface area contributed by atoms with E-state index in [-0.39, 0.29) is 24.9 Å². The molecule has 1 fully saturated rings. The Morgan fingerprint density at radius 2 is 2.11 bits per heavy atom. The standard InChI is InChI=1S/C12H21N3O4/c1-7(2)4-14-11(17)8(3)15-6-10(16)13-5-9(15)12(18)19/h7-9H,4-6H2,1-3H3,(H,13,16)(H,14,17)(H,18,19). The highest BCUT2D eigenvalue weighted by Gasteiger charge is 2.37. The number of hydrogen-bond acceptors (Lipinski definition) is 4. The first-order valence-corrected chi connectivity index (χ1v) is 6.36. The Morgan fingerprint density at radius 3 is 2.63 bits per heavy atom. The van der Waals surface area contributed by atoms with E-state index >= 15 is 0 Å². The van der Waals surface area contributed by atoms with Crippen LogP contribution in [0.1, 0.15) is 20.8 Å². The SMILES string of the molecule is CC(C)CNC(=O)C(C)N1CC(=O)NCC1C(=O)O. The number of nitrogens with one attached hydrogen (secondary N) is 2. The fourth-order valence-corrected chi connectivity index (χ4v) is 1.90. The second kappa shape index (κ2) is 6.51. The van der Waals surface area contributed by atoms with Gasteiger partial charge in [0.15, 0.2) is 0 Å². The smallest absolute Gasteiger partial charge is 0.322 e. The minimum absolute atomic E-state index is 0.0238. The fraction of sp³-hybridized carbons (Fsp3) is 0.750. The first-order valence-electron chi connectivity index (χ1n) is 6.36. The highest BCUT2D eigenvalue weighted by atomic mass is 16.4. The van der Waals surface area contributed by atoms with E-state index < -0.39 is 18.1 Å². The van der Waals surface area contributed by atoms with Crippen LogP contribution in [0.2, 0.25) is 0 Å². The summed E-state index contributed by atoms with van der Waals surface area (Å²) in [5.41, 5.74) is 0. The van der Waals surface area contributed by atoms with Crippen LogP contribution in [0.25, 0.3) is 0 Å².